The fourth-order valence-corrected chi connectivity index (χ4v) is 3.76. The van der Waals surface area contributed by atoms with E-state index < -0.39 is 0 Å². The molecule has 4 heteroatoms. The Morgan fingerprint density at radius 2 is 1.32 bits per heavy atom. The number of hydrogen-bond acceptors (Lipinski definition) is 3. The van der Waals surface area contributed by atoms with E-state index in [1.165, 1.54) is 37.9 Å². The average Bonchev–Trinajstić information content (AvgIpc) is 3.34. The van der Waals surface area contributed by atoms with Gasteiger partial charge in [-0.05, 0) is 68.5 Å². The Kier molecular flexibility index (Phi) is 9.44. The molecule has 0 atom stereocenters. The van der Waals surface area contributed by atoms with Crippen LogP contribution in [0.3, 0.4) is 0 Å². The Bertz CT molecular complexity index is 1020. The zero-order valence-corrected chi connectivity index (χ0v) is 20.6. The van der Waals surface area contributed by atoms with Crippen LogP contribution in [0.4, 0.5) is 0 Å². The first-order valence-electron chi connectivity index (χ1n) is 10.5. The van der Waals surface area contributed by atoms with Crippen molar-refractivity contribution in [2.75, 3.05) is 7.11 Å². The first kappa shape index (κ1) is 24.8. The standard InChI is InChI=1S/C13H14O.C8H9Br.C6H8O2/c1-9-3-6-13(10(2)7-9)11-4-5-12(14)8-11;1-6-3-4-8(9)7(2)5-6;1-8-6-3-2-5(7)4-6/h3,6-8H,4-5H2,1-2H3;3-5H,1-2H3;4H,2-3H2,1H3. The van der Waals surface area contributed by atoms with Crippen molar-refractivity contribution in [3.63, 3.8) is 0 Å². The highest BCUT2D eigenvalue weighted by molar-refractivity contribution is 9.10. The highest BCUT2D eigenvalue weighted by Gasteiger charge is 2.14. The monoisotopic (exact) mass is 482 g/mol. The van der Waals surface area contributed by atoms with Crippen molar-refractivity contribution in [3.8, 4) is 0 Å². The fourth-order valence-electron chi connectivity index (χ4n) is 3.51. The number of allylic oxidation sites excluding steroid dienone is 4. The number of carbonyl (C=O) groups is 2. The van der Waals surface area contributed by atoms with E-state index in [-0.39, 0.29) is 11.6 Å². The lowest BCUT2D eigenvalue weighted by Crippen LogP contribution is -1.87. The van der Waals surface area contributed by atoms with Crippen molar-refractivity contribution in [1.82, 2.24) is 0 Å². The maximum Gasteiger partial charge on any atom is 0.159 e. The molecule has 0 radical (unpaired) electrons. The number of ether oxygens (including phenoxy) is 1. The number of aryl methyl sites for hydroxylation is 4. The number of carbonyl (C=O) groups excluding carboxylic acids is 2. The van der Waals surface area contributed by atoms with Crippen LogP contribution in [0.5, 0.6) is 0 Å². The molecule has 3 nitrogen and oxygen atoms in total. The molecule has 0 amide bonds. The van der Waals surface area contributed by atoms with E-state index in [2.05, 4.69) is 80.0 Å². The highest BCUT2D eigenvalue weighted by Crippen LogP contribution is 2.28. The second-order valence-corrected chi connectivity index (χ2v) is 8.84. The second kappa shape index (κ2) is 11.8. The predicted molar refractivity (Wildman–Crippen MR) is 131 cm³/mol. The average molecular weight is 483 g/mol. The molecule has 0 unspecified atom stereocenters. The van der Waals surface area contributed by atoms with E-state index in [0.29, 0.717) is 12.8 Å². The van der Waals surface area contributed by atoms with Gasteiger partial charge < -0.3 is 4.74 Å². The SMILES string of the molecule is COC1=CC(=O)CC1.Cc1ccc(Br)c(C)c1.Cc1ccc(C2=CC(=O)CC2)c(C)c1. The van der Waals surface area contributed by atoms with E-state index in [0.717, 1.165) is 18.6 Å². The van der Waals surface area contributed by atoms with Crippen molar-refractivity contribution >= 4 is 33.1 Å². The molecule has 0 fully saturated rings. The molecule has 164 valence electrons. The molecular formula is C27H31BrO3. The Labute approximate surface area is 194 Å². The largest absolute Gasteiger partial charge is 0.501 e. The smallest absolute Gasteiger partial charge is 0.159 e. The third-order valence-corrected chi connectivity index (χ3v) is 6.11. The third kappa shape index (κ3) is 7.95. The molecule has 31 heavy (non-hydrogen) atoms. The Balaban J connectivity index is 0.000000175. The van der Waals surface area contributed by atoms with Crippen LogP contribution in [-0.2, 0) is 14.3 Å². The molecule has 2 aliphatic rings. The summed E-state index contributed by atoms with van der Waals surface area (Å²) in [6.45, 7) is 8.38. The number of rotatable bonds is 2. The topological polar surface area (TPSA) is 43.4 Å². The summed E-state index contributed by atoms with van der Waals surface area (Å²) < 4.78 is 6.01. The first-order valence-corrected chi connectivity index (χ1v) is 11.3. The number of benzene rings is 2. The van der Waals surface area contributed by atoms with Crippen LogP contribution in [0.1, 0.15) is 53.5 Å². The second-order valence-electron chi connectivity index (χ2n) is 7.99. The van der Waals surface area contributed by atoms with Gasteiger partial charge in [-0.1, -0.05) is 57.4 Å². The van der Waals surface area contributed by atoms with Crippen molar-refractivity contribution < 1.29 is 14.3 Å². The van der Waals surface area contributed by atoms with Gasteiger partial charge in [0, 0.05) is 29.8 Å². The van der Waals surface area contributed by atoms with Gasteiger partial charge in [0.2, 0.25) is 0 Å². The van der Waals surface area contributed by atoms with Crippen LogP contribution < -0.4 is 0 Å². The summed E-state index contributed by atoms with van der Waals surface area (Å²) in [5, 5.41) is 0. The molecule has 0 aromatic heterocycles. The third-order valence-electron chi connectivity index (χ3n) is 5.22. The molecular weight excluding hydrogens is 452 g/mol. The minimum absolute atomic E-state index is 0.182. The molecule has 2 aliphatic carbocycles. The van der Waals surface area contributed by atoms with E-state index in [1.807, 2.05) is 0 Å². The fraction of sp³-hybridized carbons (Fsp3) is 0.333. The number of ketones is 2. The minimum Gasteiger partial charge on any atom is -0.501 e. The van der Waals surface area contributed by atoms with Gasteiger partial charge in [-0.15, -0.1) is 0 Å². The molecule has 0 aliphatic heterocycles. The van der Waals surface area contributed by atoms with Crippen LogP contribution >= 0.6 is 15.9 Å². The lowest BCUT2D eigenvalue weighted by molar-refractivity contribution is -0.114. The summed E-state index contributed by atoms with van der Waals surface area (Å²) in [6, 6.07) is 12.7. The zero-order valence-electron chi connectivity index (χ0n) is 19.0. The molecule has 0 heterocycles. The van der Waals surface area contributed by atoms with Crippen molar-refractivity contribution in [2.24, 2.45) is 0 Å². The number of methoxy groups -OCH3 is 1. The van der Waals surface area contributed by atoms with Crippen LogP contribution in [0, 0.1) is 27.7 Å². The molecule has 0 saturated heterocycles. The van der Waals surface area contributed by atoms with Gasteiger partial charge in [0.05, 0.1) is 12.9 Å². The van der Waals surface area contributed by atoms with E-state index >= 15 is 0 Å². The van der Waals surface area contributed by atoms with Crippen molar-refractivity contribution in [1.29, 1.82) is 0 Å². The van der Waals surface area contributed by atoms with Gasteiger partial charge in [0.15, 0.2) is 11.6 Å². The lowest BCUT2D eigenvalue weighted by atomic mass is 9.98. The lowest BCUT2D eigenvalue weighted by Gasteiger charge is -2.06. The van der Waals surface area contributed by atoms with Crippen molar-refractivity contribution in [2.45, 2.75) is 53.4 Å². The molecule has 0 bridgehead atoms. The van der Waals surface area contributed by atoms with Gasteiger partial charge in [-0.3, -0.25) is 9.59 Å². The van der Waals surface area contributed by atoms with Crippen LogP contribution in [-0.4, -0.2) is 18.7 Å². The maximum atomic E-state index is 11.1. The van der Waals surface area contributed by atoms with E-state index in [4.69, 9.17) is 4.74 Å². The quantitative estimate of drug-likeness (QED) is 0.462. The molecule has 4 rings (SSSR count). The van der Waals surface area contributed by atoms with Gasteiger partial charge in [0.25, 0.3) is 0 Å². The van der Waals surface area contributed by atoms with Gasteiger partial charge in [0.1, 0.15) is 0 Å². The highest BCUT2D eigenvalue weighted by atomic mass is 79.9. The maximum absolute atomic E-state index is 11.1. The normalized spacial score (nSPS) is 14.8. The molecule has 0 spiro atoms. The van der Waals surface area contributed by atoms with Gasteiger partial charge >= 0.3 is 0 Å². The van der Waals surface area contributed by atoms with Crippen molar-refractivity contribution in [3.05, 3.63) is 86.6 Å². The molecule has 0 N–H and O–H groups in total. The number of halogens is 1. The number of hydrogen-bond donors (Lipinski definition) is 0. The summed E-state index contributed by atoms with van der Waals surface area (Å²) in [5.74, 6) is 1.26. The summed E-state index contributed by atoms with van der Waals surface area (Å²) in [6.07, 6.45) is 6.35. The Morgan fingerprint density at radius 1 is 0.742 bits per heavy atom. The summed E-state index contributed by atoms with van der Waals surface area (Å²) in [5.41, 5.74) is 7.60. The van der Waals surface area contributed by atoms with E-state index in [1.54, 1.807) is 19.3 Å². The van der Waals surface area contributed by atoms with Crippen LogP contribution in [0.2, 0.25) is 0 Å². The first-order chi connectivity index (χ1) is 14.7. The van der Waals surface area contributed by atoms with Gasteiger partial charge in [-0.25, -0.2) is 0 Å². The molecule has 0 saturated carbocycles. The minimum atomic E-state index is 0.182. The zero-order chi connectivity index (χ0) is 23.0. The molecule has 2 aromatic rings. The summed E-state index contributed by atoms with van der Waals surface area (Å²) in [7, 11) is 1.59. The molecule has 2 aromatic carbocycles. The van der Waals surface area contributed by atoms with Crippen LogP contribution in [0.15, 0.2) is 58.8 Å². The Hall–Kier alpha value is -2.46. The predicted octanol–water partition coefficient (Wildman–Crippen LogP) is 7.00. The van der Waals surface area contributed by atoms with E-state index in [9.17, 15) is 9.59 Å². The summed E-state index contributed by atoms with van der Waals surface area (Å²) >= 11 is 3.43. The Morgan fingerprint density at radius 3 is 1.74 bits per heavy atom. The summed E-state index contributed by atoms with van der Waals surface area (Å²) in [4.78, 5) is 21.6. The van der Waals surface area contributed by atoms with Gasteiger partial charge in [-0.2, -0.15) is 0 Å². The van der Waals surface area contributed by atoms with Crippen LogP contribution in [0.25, 0.3) is 5.57 Å².